The van der Waals surface area contributed by atoms with Crippen LogP contribution in [-0.4, -0.2) is 43.8 Å². The van der Waals surface area contributed by atoms with Gasteiger partial charge in [0, 0.05) is 30.6 Å². The quantitative estimate of drug-likeness (QED) is 0.757. The molecule has 0 spiro atoms. The highest BCUT2D eigenvalue weighted by Crippen LogP contribution is 2.24. The Kier molecular flexibility index (Phi) is 3.68. The number of hydrogen-bond acceptors (Lipinski definition) is 5. The van der Waals surface area contributed by atoms with E-state index in [0.717, 1.165) is 36.6 Å². The van der Waals surface area contributed by atoms with Crippen LogP contribution < -0.4 is 5.69 Å². The van der Waals surface area contributed by atoms with Gasteiger partial charge in [-0.1, -0.05) is 0 Å². The van der Waals surface area contributed by atoms with E-state index in [1.54, 1.807) is 23.5 Å². The summed E-state index contributed by atoms with van der Waals surface area (Å²) in [7, 11) is 0. The molecule has 0 aromatic carbocycles. The summed E-state index contributed by atoms with van der Waals surface area (Å²) in [6.45, 7) is 3.45. The van der Waals surface area contributed by atoms with Crippen LogP contribution in [0.15, 0.2) is 22.3 Å². The monoisotopic (exact) mass is 343 g/mol. The van der Waals surface area contributed by atoms with Crippen LogP contribution in [0, 0.1) is 12.8 Å². The van der Waals surface area contributed by atoms with Gasteiger partial charge in [0.05, 0.1) is 10.5 Å². The van der Waals surface area contributed by atoms with Gasteiger partial charge < -0.3 is 9.88 Å². The molecule has 24 heavy (non-hydrogen) atoms. The van der Waals surface area contributed by atoms with Crippen molar-refractivity contribution < 1.29 is 4.79 Å². The fourth-order valence-corrected chi connectivity index (χ4v) is 4.01. The molecule has 3 aromatic rings. The first-order chi connectivity index (χ1) is 11.6. The van der Waals surface area contributed by atoms with Crippen LogP contribution in [0.5, 0.6) is 0 Å². The number of nitrogens with zero attached hydrogens (tertiary/aromatic N) is 3. The zero-order valence-corrected chi connectivity index (χ0v) is 14.0. The molecule has 0 bridgehead atoms. The second-order valence-corrected chi connectivity index (χ2v) is 7.11. The van der Waals surface area contributed by atoms with Crippen molar-refractivity contribution in [2.45, 2.75) is 19.8 Å². The number of likely N-dealkylation sites (tertiary alicyclic amines) is 1. The molecule has 0 aliphatic carbocycles. The lowest BCUT2D eigenvalue weighted by molar-refractivity contribution is 0.0781. The number of pyridine rings is 1. The Balaban J connectivity index is 1.47. The van der Waals surface area contributed by atoms with Gasteiger partial charge >= 0.3 is 5.69 Å². The highest BCUT2D eigenvalue weighted by atomic mass is 32.1. The Morgan fingerprint density at radius 3 is 3.04 bits per heavy atom. The summed E-state index contributed by atoms with van der Waals surface area (Å²) in [5, 5.41) is 3.19. The number of H-pyrrole nitrogens is 2. The number of nitrogens with one attached hydrogen (secondary N) is 2. The number of imidazole rings is 1. The summed E-state index contributed by atoms with van der Waals surface area (Å²) in [5.74, 6) is 0.354. The average molecular weight is 343 g/mol. The highest BCUT2D eigenvalue weighted by Gasteiger charge is 2.28. The van der Waals surface area contributed by atoms with Gasteiger partial charge in [-0.2, -0.15) is 0 Å². The van der Waals surface area contributed by atoms with E-state index in [1.165, 1.54) is 0 Å². The number of aromatic amines is 2. The lowest BCUT2D eigenvalue weighted by Crippen LogP contribution is -2.29. The summed E-state index contributed by atoms with van der Waals surface area (Å²) >= 11 is 1.68. The minimum absolute atomic E-state index is 0.0863. The van der Waals surface area contributed by atoms with Crippen LogP contribution in [0.2, 0.25) is 0 Å². The zero-order valence-electron chi connectivity index (χ0n) is 13.2. The maximum Gasteiger partial charge on any atom is 0.325 e. The second kappa shape index (κ2) is 5.86. The Labute approximate surface area is 141 Å². The Bertz CT molecular complexity index is 957. The molecule has 124 valence electrons. The van der Waals surface area contributed by atoms with E-state index in [1.807, 2.05) is 11.8 Å². The fourth-order valence-electron chi connectivity index (χ4n) is 3.12. The molecule has 1 atom stereocenters. The molecular formula is C16H17N5O2S. The normalized spacial score (nSPS) is 17.7. The Hall–Kier alpha value is -2.48. The van der Waals surface area contributed by atoms with Crippen molar-refractivity contribution in [1.82, 2.24) is 24.8 Å². The Morgan fingerprint density at radius 2 is 2.25 bits per heavy atom. The van der Waals surface area contributed by atoms with E-state index >= 15 is 0 Å². The van der Waals surface area contributed by atoms with Crippen molar-refractivity contribution in [3.8, 4) is 0 Å². The van der Waals surface area contributed by atoms with Crippen molar-refractivity contribution in [3.05, 3.63) is 44.4 Å². The number of thiazole rings is 1. The number of amides is 1. The molecule has 8 heteroatoms. The highest BCUT2D eigenvalue weighted by molar-refractivity contribution is 7.09. The second-order valence-electron chi connectivity index (χ2n) is 6.16. The number of aromatic nitrogens is 4. The number of rotatable bonds is 3. The number of hydrogen-bond donors (Lipinski definition) is 2. The smallest absolute Gasteiger partial charge is 0.325 e. The maximum atomic E-state index is 12.6. The largest absolute Gasteiger partial charge is 0.337 e. The summed E-state index contributed by atoms with van der Waals surface area (Å²) in [5.41, 5.74) is 2.12. The minimum Gasteiger partial charge on any atom is -0.337 e. The number of aryl methyl sites for hydroxylation is 1. The molecule has 2 N–H and O–H groups in total. The van der Waals surface area contributed by atoms with Crippen LogP contribution in [0.4, 0.5) is 0 Å². The summed E-state index contributed by atoms with van der Waals surface area (Å²) in [6.07, 6.45) is 1.90. The summed E-state index contributed by atoms with van der Waals surface area (Å²) in [6, 6.07) is 3.37. The van der Waals surface area contributed by atoms with Gasteiger partial charge in [0.1, 0.15) is 5.69 Å². The van der Waals surface area contributed by atoms with Gasteiger partial charge in [0.15, 0.2) is 5.65 Å². The predicted octanol–water partition coefficient (Wildman–Crippen LogP) is 1.72. The van der Waals surface area contributed by atoms with Gasteiger partial charge in [-0.05, 0) is 31.4 Å². The zero-order chi connectivity index (χ0) is 16.7. The van der Waals surface area contributed by atoms with Crippen LogP contribution >= 0.6 is 11.3 Å². The molecule has 1 unspecified atom stereocenters. The van der Waals surface area contributed by atoms with Gasteiger partial charge in [-0.15, -0.1) is 11.3 Å². The molecule has 3 aromatic heterocycles. The van der Waals surface area contributed by atoms with Crippen molar-refractivity contribution in [2.75, 3.05) is 13.1 Å². The lowest BCUT2D eigenvalue weighted by atomic mass is 10.1. The van der Waals surface area contributed by atoms with Gasteiger partial charge in [-0.25, -0.2) is 14.8 Å². The van der Waals surface area contributed by atoms with Crippen LogP contribution in [0.1, 0.15) is 27.6 Å². The van der Waals surface area contributed by atoms with Crippen molar-refractivity contribution in [1.29, 1.82) is 0 Å². The molecule has 7 nitrogen and oxygen atoms in total. The summed E-state index contributed by atoms with van der Waals surface area (Å²) in [4.78, 5) is 39.8. The SMILES string of the molecule is Cc1csc(CC2CCN(C(=O)c3ccc4[nH]c(=O)[nH]c4n3)C2)n1. The molecule has 1 aliphatic heterocycles. The minimum atomic E-state index is -0.318. The third kappa shape index (κ3) is 2.84. The first-order valence-electron chi connectivity index (χ1n) is 7.88. The Morgan fingerprint density at radius 1 is 1.38 bits per heavy atom. The molecule has 1 amide bonds. The first-order valence-corrected chi connectivity index (χ1v) is 8.76. The molecule has 1 saturated heterocycles. The van der Waals surface area contributed by atoms with Gasteiger partial charge in [0.25, 0.3) is 5.91 Å². The van der Waals surface area contributed by atoms with Crippen molar-refractivity contribution >= 4 is 28.4 Å². The van der Waals surface area contributed by atoms with Crippen LogP contribution in [0.3, 0.4) is 0 Å². The standard InChI is InChI=1S/C16H17N5O2S/c1-9-8-24-13(17-9)6-10-4-5-21(7-10)15(22)12-3-2-11-14(18-12)20-16(23)19-11/h2-3,8,10H,4-7H2,1H3,(H2,18,19,20,23). The fraction of sp³-hybridized carbons (Fsp3) is 0.375. The molecule has 0 radical (unpaired) electrons. The molecular weight excluding hydrogens is 326 g/mol. The number of fused-ring (bicyclic) bond motifs is 1. The number of carbonyl (C=O) groups excluding carboxylic acids is 1. The van der Waals surface area contributed by atoms with E-state index in [9.17, 15) is 9.59 Å². The molecule has 4 heterocycles. The van der Waals surface area contributed by atoms with Crippen LogP contribution in [0.25, 0.3) is 11.2 Å². The predicted molar refractivity (Wildman–Crippen MR) is 91.3 cm³/mol. The van der Waals surface area contributed by atoms with Crippen LogP contribution in [-0.2, 0) is 6.42 Å². The van der Waals surface area contributed by atoms with Gasteiger partial charge in [-0.3, -0.25) is 9.78 Å². The van der Waals surface area contributed by atoms with Crippen molar-refractivity contribution in [3.63, 3.8) is 0 Å². The van der Waals surface area contributed by atoms with E-state index in [-0.39, 0.29) is 11.6 Å². The summed E-state index contributed by atoms with van der Waals surface area (Å²) < 4.78 is 0. The van der Waals surface area contributed by atoms with Crippen molar-refractivity contribution in [2.24, 2.45) is 5.92 Å². The molecule has 1 aliphatic rings. The molecule has 4 rings (SSSR count). The third-order valence-corrected chi connectivity index (χ3v) is 5.29. The first kappa shape index (κ1) is 15.1. The molecule has 0 saturated carbocycles. The van der Waals surface area contributed by atoms with E-state index in [4.69, 9.17) is 0 Å². The topological polar surface area (TPSA) is 94.7 Å². The average Bonchev–Trinajstić information content (AvgIpc) is 3.26. The van der Waals surface area contributed by atoms with E-state index < -0.39 is 0 Å². The third-order valence-electron chi connectivity index (χ3n) is 4.30. The van der Waals surface area contributed by atoms with E-state index in [0.29, 0.717) is 22.8 Å². The van der Waals surface area contributed by atoms with Gasteiger partial charge in [0.2, 0.25) is 0 Å². The number of carbonyl (C=O) groups is 1. The lowest BCUT2D eigenvalue weighted by Gasteiger charge is -2.15. The van der Waals surface area contributed by atoms with E-state index in [2.05, 4.69) is 25.3 Å². The maximum absolute atomic E-state index is 12.6. The molecule has 1 fully saturated rings.